The molecule has 0 aliphatic rings. The summed E-state index contributed by atoms with van der Waals surface area (Å²) in [5.41, 5.74) is 5.20. The SMILES string of the molecule is COc1cc(C(F)(F)F)ccc1[C@H](N)[C@@H](C)O. The number of ether oxygens (including phenoxy) is 1. The van der Waals surface area contributed by atoms with Gasteiger partial charge in [-0.25, -0.2) is 0 Å². The average Bonchev–Trinajstić information content (AvgIpc) is 2.25. The second-order valence-electron chi connectivity index (χ2n) is 3.72. The molecule has 0 heterocycles. The Balaban J connectivity index is 3.19. The van der Waals surface area contributed by atoms with E-state index in [9.17, 15) is 18.3 Å². The van der Waals surface area contributed by atoms with E-state index in [-0.39, 0.29) is 5.75 Å². The minimum Gasteiger partial charge on any atom is -0.496 e. The van der Waals surface area contributed by atoms with Crippen LogP contribution in [0, 0.1) is 0 Å². The first kappa shape index (κ1) is 13.8. The molecule has 0 radical (unpaired) electrons. The number of aliphatic hydroxyl groups is 1. The lowest BCUT2D eigenvalue weighted by molar-refractivity contribution is -0.137. The molecule has 0 aliphatic heterocycles. The van der Waals surface area contributed by atoms with Gasteiger partial charge in [0.1, 0.15) is 5.75 Å². The molecule has 0 bridgehead atoms. The van der Waals surface area contributed by atoms with Crippen molar-refractivity contribution in [2.75, 3.05) is 7.11 Å². The van der Waals surface area contributed by atoms with Gasteiger partial charge in [-0.15, -0.1) is 0 Å². The van der Waals surface area contributed by atoms with Gasteiger partial charge in [0.25, 0.3) is 0 Å². The lowest BCUT2D eigenvalue weighted by atomic mass is 10.0. The monoisotopic (exact) mass is 249 g/mol. The normalized spacial score (nSPS) is 15.5. The highest BCUT2D eigenvalue weighted by Crippen LogP contribution is 2.35. The Bertz CT molecular complexity index is 391. The van der Waals surface area contributed by atoms with Crippen LogP contribution in [0.15, 0.2) is 18.2 Å². The standard InChI is InChI=1S/C11H14F3NO2/c1-6(16)10(15)8-4-3-7(11(12,13)14)5-9(8)17-2/h3-6,10,16H,15H2,1-2H3/t6-,10-/m1/s1. The minimum atomic E-state index is -4.43. The quantitative estimate of drug-likeness (QED) is 0.862. The third-order valence-electron chi connectivity index (χ3n) is 2.44. The van der Waals surface area contributed by atoms with Crippen LogP contribution in [0.3, 0.4) is 0 Å². The summed E-state index contributed by atoms with van der Waals surface area (Å²) in [4.78, 5) is 0. The number of nitrogens with two attached hydrogens (primary N) is 1. The molecule has 0 unspecified atom stereocenters. The Labute approximate surface area is 97.0 Å². The number of aliphatic hydroxyl groups excluding tert-OH is 1. The molecule has 17 heavy (non-hydrogen) atoms. The first-order valence-electron chi connectivity index (χ1n) is 4.96. The zero-order chi connectivity index (χ0) is 13.2. The largest absolute Gasteiger partial charge is 0.496 e. The zero-order valence-electron chi connectivity index (χ0n) is 9.45. The van der Waals surface area contributed by atoms with Crippen molar-refractivity contribution in [3.8, 4) is 5.75 Å². The average molecular weight is 249 g/mol. The Hall–Kier alpha value is -1.27. The molecule has 3 N–H and O–H groups in total. The van der Waals surface area contributed by atoms with Gasteiger partial charge in [0, 0.05) is 5.56 Å². The van der Waals surface area contributed by atoms with E-state index in [1.165, 1.54) is 20.1 Å². The number of hydrogen-bond donors (Lipinski definition) is 2. The molecule has 96 valence electrons. The fourth-order valence-electron chi connectivity index (χ4n) is 1.42. The van der Waals surface area contributed by atoms with E-state index < -0.39 is 23.9 Å². The number of hydrogen-bond acceptors (Lipinski definition) is 3. The van der Waals surface area contributed by atoms with Gasteiger partial charge in [-0.2, -0.15) is 13.2 Å². The molecular weight excluding hydrogens is 235 g/mol. The fourth-order valence-corrected chi connectivity index (χ4v) is 1.42. The Morgan fingerprint density at radius 3 is 2.35 bits per heavy atom. The Morgan fingerprint density at radius 2 is 1.94 bits per heavy atom. The van der Waals surface area contributed by atoms with E-state index in [1.54, 1.807) is 0 Å². The third-order valence-corrected chi connectivity index (χ3v) is 2.44. The highest BCUT2D eigenvalue weighted by atomic mass is 19.4. The number of rotatable bonds is 3. The van der Waals surface area contributed by atoms with Crippen LogP contribution in [0.5, 0.6) is 5.75 Å². The van der Waals surface area contributed by atoms with Crippen LogP contribution in [-0.4, -0.2) is 18.3 Å². The molecule has 1 rings (SSSR count). The van der Waals surface area contributed by atoms with E-state index in [4.69, 9.17) is 10.5 Å². The van der Waals surface area contributed by atoms with Crippen LogP contribution in [0.2, 0.25) is 0 Å². The van der Waals surface area contributed by atoms with Crippen molar-refractivity contribution in [2.24, 2.45) is 5.73 Å². The fraction of sp³-hybridized carbons (Fsp3) is 0.455. The van der Waals surface area contributed by atoms with Crippen molar-refractivity contribution in [3.05, 3.63) is 29.3 Å². The van der Waals surface area contributed by atoms with Gasteiger partial charge in [0.05, 0.1) is 24.8 Å². The molecule has 2 atom stereocenters. The molecule has 3 nitrogen and oxygen atoms in total. The second-order valence-corrected chi connectivity index (χ2v) is 3.72. The maximum Gasteiger partial charge on any atom is 0.416 e. The van der Waals surface area contributed by atoms with Gasteiger partial charge < -0.3 is 15.6 Å². The van der Waals surface area contributed by atoms with Crippen LogP contribution in [-0.2, 0) is 6.18 Å². The molecule has 0 aliphatic carbocycles. The second kappa shape index (κ2) is 4.93. The summed E-state index contributed by atoms with van der Waals surface area (Å²) in [6.45, 7) is 1.46. The molecule has 0 saturated heterocycles. The number of benzene rings is 1. The summed E-state index contributed by atoms with van der Waals surface area (Å²) in [6.07, 6.45) is -5.30. The van der Waals surface area contributed by atoms with Gasteiger partial charge in [0.2, 0.25) is 0 Å². The van der Waals surface area contributed by atoms with E-state index in [0.717, 1.165) is 12.1 Å². The summed E-state index contributed by atoms with van der Waals surface area (Å²) < 4.78 is 42.2. The highest BCUT2D eigenvalue weighted by Gasteiger charge is 2.32. The van der Waals surface area contributed by atoms with Crippen LogP contribution in [0.4, 0.5) is 13.2 Å². The van der Waals surface area contributed by atoms with Crippen LogP contribution >= 0.6 is 0 Å². The van der Waals surface area contributed by atoms with Crippen LogP contribution < -0.4 is 10.5 Å². The first-order chi connectivity index (χ1) is 7.77. The molecule has 0 spiro atoms. The summed E-state index contributed by atoms with van der Waals surface area (Å²) in [7, 11) is 1.26. The molecule has 0 fully saturated rings. The minimum absolute atomic E-state index is 0.0215. The number of alkyl halides is 3. The van der Waals surface area contributed by atoms with Crippen molar-refractivity contribution in [2.45, 2.75) is 25.2 Å². The Kier molecular flexibility index (Phi) is 4.00. The van der Waals surface area contributed by atoms with Gasteiger partial charge in [0.15, 0.2) is 0 Å². The summed E-state index contributed by atoms with van der Waals surface area (Å²) in [5, 5.41) is 9.32. The molecule has 0 saturated carbocycles. The smallest absolute Gasteiger partial charge is 0.416 e. The van der Waals surface area contributed by atoms with Gasteiger partial charge in [-0.1, -0.05) is 6.07 Å². The lowest BCUT2D eigenvalue weighted by Gasteiger charge is -2.19. The topological polar surface area (TPSA) is 55.5 Å². The summed E-state index contributed by atoms with van der Waals surface area (Å²) in [6, 6.07) is 2.23. The highest BCUT2D eigenvalue weighted by molar-refractivity contribution is 5.40. The molecular formula is C11H14F3NO2. The maximum atomic E-state index is 12.5. The van der Waals surface area contributed by atoms with Gasteiger partial charge in [-0.3, -0.25) is 0 Å². The van der Waals surface area contributed by atoms with E-state index in [2.05, 4.69) is 0 Å². The van der Waals surface area contributed by atoms with E-state index in [0.29, 0.717) is 5.56 Å². The molecule has 1 aromatic rings. The van der Waals surface area contributed by atoms with Crippen molar-refractivity contribution in [3.63, 3.8) is 0 Å². The predicted octanol–water partition coefficient (Wildman–Crippen LogP) is 2.09. The van der Waals surface area contributed by atoms with Crippen molar-refractivity contribution < 1.29 is 23.0 Å². The number of halogens is 3. The van der Waals surface area contributed by atoms with Gasteiger partial charge in [-0.05, 0) is 19.1 Å². The van der Waals surface area contributed by atoms with Crippen LogP contribution in [0.1, 0.15) is 24.1 Å². The van der Waals surface area contributed by atoms with Crippen molar-refractivity contribution in [1.29, 1.82) is 0 Å². The Morgan fingerprint density at radius 1 is 1.35 bits per heavy atom. The van der Waals surface area contributed by atoms with E-state index in [1.807, 2.05) is 0 Å². The van der Waals surface area contributed by atoms with Crippen LogP contribution in [0.25, 0.3) is 0 Å². The van der Waals surface area contributed by atoms with Crippen molar-refractivity contribution >= 4 is 0 Å². The first-order valence-corrected chi connectivity index (χ1v) is 4.96. The maximum absolute atomic E-state index is 12.5. The molecule has 0 amide bonds. The van der Waals surface area contributed by atoms with E-state index >= 15 is 0 Å². The van der Waals surface area contributed by atoms with Gasteiger partial charge >= 0.3 is 6.18 Å². The summed E-state index contributed by atoms with van der Waals surface area (Å²) >= 11 is 0. The molecule has 0 aromatic heterocycles. The zero-order valence-corrected chi connectivity index (χ0v) is 9.45. The number of methoxy groups -OCH3 is 1. The molecule has 1 aromatic carbocycles. The van der Waals surface area contributed by atoms with Crippen molar-refractivity contribution in [1.82, 2.24) is 0 Å². The third kappa shape index (κ3) is 3.10. The predicted molar refractivity (Wildman–Crippen MR) is 56.6 cm³/mol. The molecule has 6 heteroatoms. The lowest BCUT2D eigenvalue weighted by Crippen LogP contribution is -2.24. The summed E-state index contributed by atoms with van der Waals surface area (Å²) in [5.74, 6) is 0.0215.